The zero-order valence-corrected chi connectivity index (χ0v) is 9.65. The summed E-state index contributed by atoms with van der Waals surface area (Å²) in [5, 5.41) is 0. The van der Waals surface area contributed by atoms with E-state index in [1.165, 1.54) is 18.7 Å². The summed E-state index contributed by atoms with van der Waals surface area (Å²) in [5.74, 6) is -2.19. The van der Waals surface area contributed by atoms with Gasteiger partial charge in [-0.3, -0.25) is 4.79 Å². The van der Waals surface area contributed by atoms with Gasteiger partial charge in [0.1, 0.15) is 6.33 Å². The number of rotatable bonds is 2. The number of hydrogen-bond donors (Lipinski definition) is 0. The first-order valence-electron chi connectivity index (χ1n) is 5.84. The van der Waals surface area contributed by atoms with Gasteiger partial charge in [0.2, 0.25) is 0 Å². The third kappa shape index (κ3) is 2.86. The van der Waals surface area contributed by atoms with Crippen molar-refractivity contribution >= 4 is 5.78 Å². The van der Waals surface area contributed by atoms with Crippen molar-refractivity contribution in [3.8, 4) is 0 Å². The quantitative estimate of drug-likeness (QED) is 0.766. The molecule has 0 N–H and O–H groups in total. The Labute approximate surface area is 102 Å². The minimum absolute atomic E-state index is 0.114. The molecule has 0 aliphatic heterocycles. The molecule has 0 saturated heterocycles. The number of hydrogen-bond acceptors (Lipinski definition) is 3. The van der Waals surface area contributed by atoms with Crippen molar-refractivity contribution in [3.63, 3.8) is 0 Å². The molecule has 0 radical (unpaired) electrons. The number of carbonyl (C=O) groups excluding carboxylic acids is 1. The van der Waals surface area contributed by atoms with Crippen molar-refractivity contribution in [2.75, 3.05) is 0 Å². The highest BCUT2D eigenvalue weighted by Crippen LogP contribution is 2.40. The molecule has 1 aromatic rings. The van der Waals surface area contributed by atoms with E-state index in [0.717, 1.165) is 0 Å². The average Bonchev–Trinajstić information content (AvgIpc) is 2.38. The van der Waals surface area contributed by atoms with Gasteiger partial charge in [0.25, 0.3) is 0 Å². The highest BCUT2D eigenvalue weighted by atomic mass is 19.4. The highest BCUT2D eigenvalue weighted by molar-refractivity contribution is 5.97. The molecule has 0 aromatic carbocycles. The molecule has 1 fully saturated rings. The second-order valence-corrected chi connectivity index (χ2v) is 4.59. The highest BCUT2D eigenvalue weighted by Gasteiger charge is 2.43. The van der Waals surface area contributed by atoms with Crippen molar-refractivity contribution < 1.29 is 18.0 Å². The Hall–Kier alpha value is -1.46. The van der Waals surface area contributed by atoms with Crippen LogP contribution in [0, 0.1) is 11.8 Å². The number of halogens is 3. The summed E-state index contributed by atoms with van der Waals surface area (Å²) in [7, 11) is 0. The summed E-state index contributed by atoms with van der Waals surface area (Å²) in [6.45, 7) is 0. The molecule has 1 heterocycles. The van der Waals surface area contributed by atoms with Crippen LogP contribution < -0.4 is 0 Å². The molecule has 2 rings (SSSR count). The lowest BCUT2D eigenvalue weighted by atomic mass is 9.78. The Morgan fingerprint density at radius 3 is 2.50 bits per heavy atom. The van der Waals surface area contributed by atoms with Gasteiger partial charge >= 0.3 is 6.18 Å². The van der Waals surface area contributed by atoms with Crippen LogP contribution in [0.5, 0.6) is 0 Å². The monoisotopic (exact) mass is 258 g/mol. The Bertz CT molecular complexity index is 419. The van der Waals surface area contributed by atoms with E-state index in [0.29, 0.717) is 18.4 Å². The molecule has 1 aromatic heterocycles. The van der Waals surface area contributed by atoms with E-state index in [1.54, 1.807) is 0 Å². The van der Waals surface area contributed by atoms with Crippen LogP contribution in [0.1, 0.15) is 36.0 Å². The lowest BCUT2D eigenvalue weighted by Crippen LogP contribution is -2.31. The zero-order chi connectivity index (χ0) is 13.2. The predicted molar refractivity (Wildman–Crippen MR) is 57.9 cm³/mol. The molecular formula is C12H13F3N2O. The summed E-state index contributed by atoms with van der Waals surface area (Å²) in [6, 6.07) is 0. The molecule has 1 saturated carbocycles. The van der Waals surface area contributed by atoms with Crippen molar-refractivity contribution in [2.45, 2.75) is 31.9 Å². The maximum Gasteiger partial charge on any atom is 0.391 e. The number of carbonyl (C=O) groups is 1. The van der Waals surface area contributed by atoms with Crippen LogP contribution in [-0.4, -0.2) is 21.9 Å². The molecule has 1 aliphatic carbocycles. The van der Waals surface area contributed by atoms with Crippen molar-refractivity contribution in [1.82, 2.24) is 9.97 Å². The number of Topliss-reactive ketones (excluding diaryl/α,β-unsaturated/α-hetero) is 1. The Morgan fingerprint density at radius 2 is 1.89 bits per heavy atom. The average molecular weight is 258 g/mol. The van der Waals surface area contributed by atoms with Crippen LogP contribution in [0.3, 0.4) is 0 Å². The van der Waals surface area contributed by atoms with Gasteiger partial charge in [-0.05, 0) is 19.3 Å². The minimum Gasteiger partial charge on any atom is -0.294 e. The summed E-state index contributed by atoms with van der Waals surface area (Å²) >= 11 is 0. The second kappa shape index (κ2) is 5.04. The van der Waals surface area contributed by atoms with Crippen molar-refractivity contribution in [1.29, 1.82) is 0 Å². The van der Waals surface area contributed by atoms with Gasteiger partial charge in [-0.2, -0.15) is 13.2 Å². The van der Waals surface area contributed by atoms with E-state index in [1.807, 2.05) is 0 Å². The third-order valence-corrected chi connectivity index (χ3v) is 3.35. The number of aromatic nitrogens is 2. The summed E-state index contributed by atoms with van der Waals surface area (Å²) < 4.78 is 37.9. The van der Waals surface area contributed by atoms with Crippen LogP contribution in [0.15, 0.2) is 18.7 Å². The van der Waals surface area contributed by atoms with Crippen LogP contribution >= 0.6 is 0 Å². The van der Waals surface area contributed by atoms with Crippen LogP contribution in [0.2, 0.25) is 0 Å². The lowest BCUT2D eigenvalue weighted by Gasteiger charge is -2.29. The predicted octanol–water partition coefficient (Wildman–Crippen LogP) is 3.03. The van der Waals surface area contributed by atoms with Crippen LogP contribution in [0.4, 0.5) is 13.2 Å². The molecular weight excluding hydrogens is 245 g/mol. The van der Waals surface area contributed by atoms with E-state index in [9.17, 15) is 18.0 Å². The van der Waals surface area contributed by atoms with Gasteiger partial charge in [0, 0.05) is 18.3 Å². The standard InChI is InChI=1S/C12H13F3N2O/c13-12(14,15)10-3-1-2-8(4-10)11(18)9-5-16-7-17-6-9/h5-8,10H,1-4H2. The summed E-state index contributed by atoms with van der Waals surface area (Å²) in [6.07, 6.45) is 0.756. The molecule has 2 atom stereocenters. The van der Waals surface area contributed by atoms with E-state index >= 15 is 0 Å². The molecule has 6 heteroatoms. The molecule has 0 spiro atoms. The Kier molecular flexibility index (Phi) is 3.63. The van der Waals surface area contributed by atoms with E-state index < -0.39 is 18.0 Å². The Morgan fingerprint density at radius 1 is 1.22 bits per heavy atom. The van der Waals surface area contributed by atoms with Gasteiger partial charge in [-0.15, -0.1) is 0 Å². The molecule has 1 aliphatic rings. The molecule has 0 amide bonds. The normalized spacial score (nSPS) is 24.8. The van der Waals surface area contributed by atoms with Gasteiger partial charge in [0.05, 0.1) is 11.5 Å². The van der Waals surface area contributed by atoms with E-state index in [4.69, 9.17) is 0 Å². The zero-order valence-electron chi connectivity index (χ0n) is 9.65. The van der Waals surface area contributed by atoms with E-state index in [2.05, 4.69) is 9.97 Å². The van der Waals surface area contributed by atoms with Crippen LogP contribution in [0.25, 0.3) is 0 Å². The summed E-state index contributed by atoms with van der Waals surface area (Å²) in [5.41, 5.74) is 0.297. The van der Waals surface area contributed by atoms with Crippen molar-refractivity contribution in [3.05, 3.63) is 24.3 Å². The maximum absolute atomic E-state index is 12.6. The molecule has 3 nitrogen and oxygen atoms in total. The van der Waals surface area contributed by atoms with Gasteiger partial charge in [-0.1, -0.05) is 6.42 Å². The van der Waals surface area contributed by atoms with Gasteiger partial charge in [0.15, 0.2) is 5.78 Å². The minimum atomic E-state index is -4.20. The first-order chi connectivity index (χ1) is 8.48. The first-order valence-corrected chi connectivity index (χ1v) is 5.84. The van der Waals surface area contributed by atoms with Crippen molar-refractivity contribution in [2.24, 2.45) is 11.8 Å². The number of ketones is 1. The smallest absolute Gasteiger partial charge is 0.294 e. The summed E-state index contributed by atoms with van der Waals surface area (Å²) in [4.78, 5) is 19.5. The van der Waals surface area contributed by atoms with Gasteiger partial charge < -0.3 is 0 Å². The third-order valence-electron chi connectivity index (χ3n) is 3.35. The molecule has 18 heavy (non-hydrogen) atoms. The Balaban J connectivity index is 2.08. The van der Waals surface area contributed by atoms with E-state index in [-0.39, 0.29) is 18.6 Å². The lowest BCUT2D eigenvalue weighted by molar-refractivity contribution is -0.184. The molecule has 0 bridgehead atoms. The molecule has 98 valence electrons. The fraction of sp³-hybridized carbons (Fsp3) is 0.583. The molecule has 2 unspecified atom stereocenters. The SMILES string of the molecule is O=C(c1cncnc1)C1CCCC(C(F)(F)F)C1. The second-order valence-electron chi connectivity index (χ2n) is 4.59. The topological polar surface area (TPSA) is 42.9 Å². The largest absolute Gasteiger partial charge is 0.391 e. The fourth-order valence-corrected chi connectivity index (χ4v) is 2.39. The first kappa shape index (κ1) is 13.0. The number of alkyl halides is 3. The maximum atomic E-state index is 12.6. The fourth-order valence-electron chi connectivity index (χ4n) is 2.39. The van der Waals surface area contributed by atoms with Crippen LogP contribution in [-0.2, 0) is 0 Å². The number of nitrogens with zero attached hydrogens (tertiary/aromatic N) is 2. The van der Waals surface area contributed by atoms with Gasteiger partial charge in [-0.25, -0.2) is 9.97 Å².